The van der Waals surface area contributed by atoms with Crippen molar-refractivity contribution in [3.63, 3.8) is 0 Å². The standard InChI is InChI=1S/C13H16FNO2/c1-15-12(8-16)11(7-14)10-3-2-9-4-5-17-13(9)6-10/h2-6,11-12,15-16H,7-8H2,1H3. The average molecular weight is 237 g/mol. The molecular weight excluding hydrogens is 221 g/mol. The summed E-state index contributed by atoms with van der Waals surface area (Å²) in [7, 11) is 1.72. The first-order valence-corrected chi connectivity index (χ1v) is 5.61. The Labute approximate surface area is 99.2 Å². The van der Waals surface area contributed by atoms with Crippen LogP contribution in [0.25, 0.3) is 11.0 Å². The number of fused-ring (bicyclic) bond motifs is 1. The molecule has 4 heteroatoms. The van der Waals surface area contributed by atoms with E-state index in [0.29, 0.717) is 0 Å². The zero-order chi connectivity index (χ0) is 12.3. The fourth-order valence-corrected chi connectivity index (χ4v) is 2.05. The molecule has 0 radical (unpaired) electrons. The predicted octanol–water partition coefficient (Wildman–Crippen LogP) is 2.07. The number of aliphatic hydroxyl groups is 1. The lowest BCUT2D eigenvalue weighted by atomic mass is 9.92. The first-order chi connectivity index (χ1) is 8.30. The second-order valence-electron chi connectivity index (χ2n) is 4.06. The molecule has 0 saturated heterocycles. The van der Waals surface area contributed by atoms with Crippen molar-refractivity contribution >= 4 is 11.0 Å². The minimum atomic E-state index is -0.516. The summed E-state index contributed by atoms with van der Waals surface area (Å²) in [6.07, 6.45) is 1.61. The Morgan fingerprint density at radius 2 is 2.24 bits per heavy atom. The molecule has 17 heavy (non-hydrogen) atoms. The van der Waals surface area contributed by atoms with Crippen molar-refractivity contribution in [3.8, 4) is 0 Å². The van der Waals surface area contributed by atoms with E-state index in [2.05, 4.69) is 5.32 Å². The van der Waals surface area contributed by atoms with Crippen LogP contribution < -0.4 is 5.32 Å². The first-order valence-electron chi connectivity index (χ1n) is 5.61. The highest BCUT2D eigenvalue weighted by atomic mass is 19.1. The van der Waals surface area contributed by atoms with Gasteiger partial charge >= 0.3 is 0 Å². The van der Waals surface area contributed by atoms with Crippen molar-refractivity contribution < 1.29 is 13.9 Å². The summed E-state index contributed by atoms with van der Waals surface area (Å²) in [5.41, 5.74) is 1.58. The number of aliphatic hydroxyl groups excluding tert-OH is 1. The molecule has 0 bridgehead atoms. The number of furan rings is 1. The van der Waals surface area contributed by atoms with Gasteiger partial charge in [0.1, 0.15) is 5.58 Å². The van der Waals surface area contributed by atoms with E-state index in [9.17, 15) is 9.50 Å². The Morgan fingerprint density at radius 1 is 1.41 bits per heavy atom. The molecule has 2 unspecified atom stereocenters. The van der Waals surface area contributed by atoms with Crippen LogP contribution in [0.15, 0.2) is 34.9 Å². The molecule has 0 aliphatic carbocycles. The van der Waals surface area contributed by atoms with E-state index in [1.165, 1.54) is 0 Å². The van der Waals surface area contributed by atoms with Crippen molar-refractivity contribution in [1.29, 1.82) is 0 Å². The van der Waals surface area contributed by atoms with Crippen molar-refractivity contribution in [2.45, 2.75) is 12.0 Å². The minimum Gasteiger partial charge on any atom is -0.464 e. The summed E-state index contributed by atoms with van der Waals surface area (Å²) >= 11 is 0. The van der Waals surface area contributed by atoms with Gasteiger partial charge in [0.15, 0.2) is 0 Å². The Balaban J connectivity index is 2.34. The Hall–Kier alpha value is -1.39. The molecule has 2 aromatic rings. The monoisotopic (exact) mass is 237 g/mol. The Morgan fingerprint density at radius 3 is 2.88 bits per heavy atom. The number of likely N-dealkylation sites (N-methyl/N-ethyl adjacent to an activating group) is 1. The van der Waals surface area contributed by atoms with Crippen molar-refractivity contribution in [2.24, 2.45) is 0 Å². The van der Waals surface area contributed by atoms with Gasteiger partial charge in [0.25, 0.3) is 0 Å². The molecular formula is C13H16FNO2. The van der Waals surface area contributed by atoms with E-state index in [-0.39, 0.29) is 18.6 Å². The molecule has 2 N–H and O–H groups in total. The smallest absolute Gasteiger partial charge is 0.134 e. The zero-order valence-corrected chi connectivity index (χ0v) is 9.69. The van der Waals surface area contributed by atoms with Gasteiger partial charge in [0.05, 0.1) is 19.5 Å². The van der Waals surface area contributed by atoms with Crippen LogP contribution in [0.1, 0.15) is 11.5 Å². The third kappa shape index (κ3) is 2.33. The summed E-state index contributed by atoms with van der Waals surface area (Å²) in [5, 5.41) is 13.1. The third-order valence-electron chi connectivity index (χ3n) is 3.13. The van der Waals surface area contributed by atoms with Gasteiger partial charge < -0.3 is 14.8 Å². The summed E-state index contributed by atoms with van der Waals surface area (Å²) in [6, 6.07) is 7.20. The van der Waals surface area contributed by atoms with Gasteiger partial charge in [0, 0.05) is 17.3 Å². The van der Waals surface area contributed by atoms with Crippen molar-refractivity contribution in [1.82, 2.24) is 5.32 Å². The fraction of sp³-hybridized carbons (Fsp3) is 0.385. The van der Waals surface area contributed by atoms with Gasteiger partial charge in [0.2, 0.25) is 0 Å². The maximum Gasteiger partial charge on any atom is 0.134 e. The number of alkyl halides is 1. The fourth-order valence-electron chi connectivity index (χ4n) is 2.05. The predicted molar refractivity (Wildman–Crippen MR) is 64.9 cm³/mol. The molecule has 1 aromatic heterocycles. The van der Waals surface area contributed by atoms with Crippen LogP contribution in [0.2, 0.25) is 0 Å². The molecule has 1 heterocycles. The maximum absolute atomic E-state index is 13.1. The highest BCUT2D eigenvalue weighted by Gasteiger charge is 2.21. The van der Waals surface area contributed by atoms with E-state index in [4.69, 9.17) is 4.42 Å². The quantitative estimate of drug-likeness (QED) is 0.836. The number of nitrogens with one attached hydrogen (secondary N) is 1. The summed E-state index contributed by atoms with van der Waals surface area (Å²) in [6.45, 7) is -0.612. The van der Waals surface area contributed by atoms with Crippen LogP contribution in [0, 0.1) is 0 Å². The van der Waals surface area contributed by atoms with Gasteiger partial charge in [-0.2, -0.15) is 0 Å². The van der Waals surface area contributed by atoms with E-state index in [1.807, 2.05) is 24.3 Å². The summed E-state index contributed by atoms with van der Waals surface area (Å²) in [5.74, 6) is -0.362. The van der Waals surface area contributed by atoms with Crippen molar-refractivity contribution in [2.75, 3.05) is 20.3 Å². The number of halogens is 1. The molecule has 0 saturated carbocycles. The SMILES string of the molecule is CNC(CO)C(CF)c1ccc2ccoc2c1. The Kier molecular flexibility index (Phi) is 3.76. The lowest BCUT2D eigenvalue weighted by Gasteiger charge is -2.22. The minimum absolute atomic E-state index is 0.0960. The van der Waals surface area contributed by atoms with E-state index in [0.717, 1.165) is 16.5 Å². The number of rotatable bonds is 5. The van der Waals surface area contributed by atoms with Crippen molar-refractivity contribution in [3.05, 3.63) is 36.1 Å². The van der Waals surface area contributed by atoms with E-state index < -0.39 is 6.67 Å². The largest absolute Gasteiger partial charge is 0.464 e. The van der Waals surface area contributed by atoms with Crippen LogP contribution in [0.3, 0.4) is 0 Å². The molecule has 2 atom stereocenters. The average Bonchev–Trinajstić information content (AvgIpc) is 2.82. The van der Waals surface area contributed by atoms with Crippen LogP contribution in [-0.4, -0.2) is 31.5 Å². The molecule has 92 valence electrons. The van der Waals surface area contributed by atoms with Gasteiger partial charge in [-0.15, -0.1) is 0 Å². The van der Waals surface area contributed by atoms with E-state index in [1.54, 1.807) is 13.3 Å². The number of hydrogen-bond acceptors (Lipinski definition) is 3. The molecule has 0 fully saturated rings. The first kappa shape index (κ1) is 12.1. The normalized spacial score (nSPS) is 15.0. The second-order valence-corrected chi connectivity index (χ2v) is 4.06. The highest BCUT2D eigenvalue weighted by Crippen LogP contribution is 2.25. The number of hydrogen-bond donors (Lipinski definition) is 2. The lowest BCUT2D eigenvalue weighted by molar-refractivity contribution is 0.215. The third-order valence-corrected chi connectivity index (χ3v) is 3.13. The maximum atomic E-state index is 13.1. The number of benzene rings is 1. The lowest BCUT2D eigenvalue weighted by Crippen LogP contribution is -2.36. The van der Waals surface area contributed by atoms with Crippen LogP contribution in [0.5, 0.6) is 0 Å². The second kappa shape index (κ2) is 5.29. The van der Waals surface area contributed by atoms with Gasteiger partial charge in [-0.3, -0.25) is 4.39 Å². The van der Waals surface area contributed by atoms with Crippen LogP contribution >= 0.6 is 0 Å². The zero-order valence-electron chi connectivity index (χ0n) is 9.69. The molecule has 0 aliphatic rings. The van der Waals surface area contributed by atoms with Crippen LogP contribution in [0.4, 0.5) is 4.39 Å². The van der Waals surface area contributed by atoms with E-state index >= 15 is 0 Å². The van der Waals surface area contributed by atoms with Crippen LogP contribution in [-0.2, 0) is 0 Å². The molecule has 0 amide bonds. The van der Waals surface area contributed by atoms with Gasteiger partial charge in [-0.1, -0.05) is 12.1 Å². The van der Waals surface area contributed by atoms with Gasteiger partial charge in [-0.25, -0.2) is 0 Å². The summed E-state index contributed by atoms with van der Waals surface area (Å²) < 4.78 is 18.4. The molecule has 3 nitrogen and oxygen atoms in total. The highest BCUT2D eigenvalue weighted by molar-refractivity contribution is 5.77. The molecule has 2 rings (SSSR count). The molecule has 0 spiro atoms. The molecule has 0 aliphatic heterocycles. The van der Waals surface area contributed by atoms with Gasteiger partial charge in [-0.05, 0) is 24.7 Å². The molecule has 1 aromatic carbocycles. The summed E-state index contributed by atoms with van der Waals surface area (Å²) in [4.78, 5) is 0. The Bertz CT molecular complexity index is 479. The topological polar surface area (TPSA) is 45.4 Å².